The zero-order valence-electron chi connectivity index (χ0n) is 10.0. The van der Waals surface area contributed by atoms with Crippen molar-refractivity contribution < 1.29 is 19.1 Å². The van der Waals surface area contributed by atoms with Crippen molar-refractivity contribution in [1.29, 1.82) is 0 Å². The van der Waals surface area contributed by atoms with Gasteiger partial charge in [0.25, 0.3) is 0 Å². The van der Waals surface area contributed by atoms with Crippen molar-refractivity contribution in [1.82, 2.24) is 0 Å². The quantitative estimate of drug-likeness (QED) is 0.670. The standard InChI is InChI=1S/C12H20O4/c1-15-8-7-11(13)9-5-3-4-6-10(9)12(14)16-2/h9-10H,3-8H2,1-2H3. The van der Waals surface area contributed by atoms with E-state index in [0.717, 1.165) is 25.7 Å². The van der Waals surface area contributed by atoms with Gasteiger partial charge in [0.1, 0.15) is 5.78 Å². The number of hydrogen-bond donors (Lipinski definition) is 0. The van der Waals surface area contributed by atoms with Crippen LogP contribution in [0.5, 0.6) is 0 Å². The number of esters is 1. The van der Waals surface area contributed by atoms with Gasteiger partial charge in [-0.3, -0.25) is 9.59 Å². The summed E-state index contributed by atoms with van der Waals surface area (Å²) in [6, 6.07) is 0. The first kappa shape index (κ1) is 13.2. The van der Waals surface area contributed by atoms with Gasteiger partial charge in [-0.1, -0.05) is 12.8 Å². The first-order valence-electron chi connectivity index (χ1n) is 5.80. The van der Waals surface area contributed by atoms with Crippen molar-refractivity contribution in [2.75, 3.05) is 20.8 Å². The highest BCUT2D eigenvalue weighted by Crippen LogP contribution is 2.32. The van der Waals surface area contributed by atoms with Crippen molar-refractivity contribution in [3.05, 3.63) is 0 Å². The lowest BCUT2D eigenvalue weighted by Gasteiger charge is -2.28. The van der Waals surface area contributed by atoms with Crippen molar-refractivity contribution in [3.8, 4) is 0 Å². The molecule has 0 aliphatic heterocycles. The van der Waals surface area contributed by atoms with E-state index in [0.29, 0.717) is 13.0 Å². The van der Waals surface area contributed by atoms with Crippen LogP contribution in [0.25, 0.3) is 0 Å². The van der Waals surface area contributed by atoms with E-state index in [2.05, 4.69) is 0 Å². The first-order chi connectivity index (χ1) is 7.70. The fourth-order valence-corrected chi connectivity index (χ4v) is 2.34. The summed E-state index contributed by atoms with van der Waals surface area (Å²) >= 11 is 0. The summed E-state index contributed by atoms with van der Waals surface area (Å²) in [7, 11) is 2.96. The van der Waals surface area contributed by atoms with Gasteiger partial charge in [0.2, 0.25) is 0 Å². The van der Waals surface area contributed by atoms with Gasteiger partial charge in [0.15, 0.2) is 0 Å². The summed E-state index contributed by atoms with van der Waals surface area (Å²) in [5.41, 5.74) is 0. The van der Waals surface area contributed by atoms with Gasteiger partial charge >= 0.3 is 5.97 Å². The maximum absolute atomic E-state index is 11.9. The van der Waals surface area contributed by atoms with Gasteiger partial charge in [0, 0.05) is 19.4 Å². The van der Waals surface area contributed by atoms with E-state index < -0.39 is 0 Å². The van der Waals surface area contributed by atoms with E-state index >= 15 is 0 Å². The molecule has 1 saturated carbocycles. The predicted octanol–water partition coefficient (Wildman–Crippen LogP) is 1.57. The lowest BCUT2D eigenvalue weighted by atomic mass is 9.76. The topological polar surface area (TPSA) is 52.6 Å². The summed E-state index contributed by atoms with van der Waals surface area (Å²) in [5, 5.41) is 0. The molecule has 92 valence electrons. The normalized spacial score (nSPS) is 25.1. The van der Waals surface area contributed by atoms with Gasteiger partial charge in [-0.05, 0) is 12.8 Å². The van der Waals surface area contributed by atoms with Crippen LogP contribution in [0.2, 0.25) is 0 Å². The fraction of sp³-hybridized carbons (Fsp3) is 0.833. The smallest absolute Gasteiger partial charge is 0.309 e. The molecular formula is C12H20O4. The molecule has 1 rings (SSSR count). The summed E-state index contributed by atoms with van der Waals surface area (Å²) in [5.74, 6) is -0.494. The van der Waals surface area contributed by atoms with Crippen LogP contribution in [-0.2, 0) is 19.1 Å². The molecule has 0 amide bonds. The molecule has 0 heterocycles. The van der Waals surface area contributed by atoms with Gasteiger partial charge in [-0.15, -0.1) is 0 Å². The van der Waals surface area contributed by atoms with Gasteiger partial charge in [-0.2, -0.15) is 0 Å². The van der Waals surface area contributed by atoms with Crippen LogP contribution >= 0.6 is 0 Å². The van der Waals surface area contributed by atoms with E-state index in [1.165, 1.54) is 7.11 Å². The molecular weight excluding hydrogens is 208 g/mol. The minimum absolute atomic E-state index is 0.136. The lowest BCUT2D eigenvalue weighted by molar-refractivity contribution is -0.151. The van der Waals surface area contributed by atoms with Crippen LogP contribution in [0.4, 0.5) is 0 Å². The molecule has 0 radical (unpaired) electrons. The van der Waals surface area contributed by atoms with Crippen LogP contribution in [0.1, 0.15) is 32.1 Å². The van der Waals surface area contributed by atoms with Crippen LogP contribution in [0.3, 0.4) is 0 Å². The molecule has 4 heteroatoms. The van der Waals surface area contributed by atoms with E-state index in [1.54, 1.807) is 7.11 Å². The molecule has 1 fully saturated rings. The Kier molecular flexibility index (Phi) is 5.46. The summed E-state index contributed by atoms with van der Waals surface area (Å²) < 4.78 is 9.64. The summed E-state index contributed by atoms with van der Waals surface area (Å²) in [6.07, 6.45) is 4.01. The number of hydrogen-bond acceptors (Lipinski definition) is 4. The van der Waals surface area contributed by atoms with Crippen molar-refractivity contribution in [2.24, 2.45) is 11.8 Å². The third kappa shape index (κ3) is 3.30. The molecule has 0 aromatic heterocycles. The third-order valence-corrected chi connectivity index (χ3v) is 3.24. The number of ketones is 1. The van der Waals surface area contributed by atoms with Crippen LogP contribution in [0.15, 0.2) is 0 Å². The number of rotatable bonds is 5. The van der Waals surface area contributed by atoms with Crippen molar-refractivity contribution in [3.63, 3.8) is 0 Å². The zero-order chi connectivity index (χ0) is 12.0. The Morgan fingerprint density at radius 2 is 1.75 bits per heavy atom. The van der Waals surface area contributed by atoms with Crippen molar-refractivity contribution in [2.45, 2.75) is 32.1 Å². The SMILES string of the molecule is COCCC(=O)C1CCCCC1C(=O)OC. The second-order valence-corrected chi connectivity index (χ2v) is 4.23. The molecule has 16 heavy (non-hydrogen) atoms. The molecule has 4 nitrogen and oxygen atoms in total. The highest BCUT2D eigenvalue weighted by molar-refractivity contribution is 5.87. The Morgan fingerprint density at radius 3 is 2.31 bits per heavy atom. The Morgan fingerprint density at radius 1 is 1.12 bits per heavy atom. The van der Waals surface area contributed by atoms with Crippen LogP contribution in [0, 0.1) is 11.8 Å². The number of Topliss-reactive ketones (excluding diaryl/α,β-unsaturated/α-hetero) is 1. The Hall–Kier alpha value is -0.900. The van der Waals surface area contributed by atoms with E-state index in [-0.39, 0.29) is 23.6 Å². The van der Waals surface area contributed by atoms with E-state index in [9.17, 15) is 9.59 Å². The number of carbonyl (C=O) groups excluding carboxylic acids is 2. The van der Waals surface area contributed by atoms with Gasteiger partial charge < -0.3 is 9.47 Å². The molecule has 1 aliphatic rings. The van der Waals surface area contributed by atoms with Gasteiger partial charge in [-0.25, -0.2) is 0 Å². The molecule has 2 atom stereocenters. The molecule has 2 unspecified atom stereocenters. The Labute approximate surface area is 96.3 Å². The molecule has 0 aromatic carbocycles. The van der Waals surface area contributed by atoms with Crippen LogP contribution < -0.4 is 0 Å². The monoisotopic (exact) mass is 228 g/mol. The lowest BCUT2D eigenvalue weighted by Crippen LogP contribution is -2.33. The third-order valence-electron chi connectivity index (χ3n) is 3.24. The second kappa shape index (κ2) is 6.63. The first-order valence-corrected chi connectivity index (χ1v) is 5.80. The summed E-state index contributed by atoms with van der Waals surface area (Å²) in [6.45, 7) is 0.434. The number of methoxy groups -OCH3 is 2. The minimum atomic E-state index is -0.240. The molecule has 0 spiro atoms. The highest BCUT2D eigenvalue weighted by Gasteiger charge is 2.35. The van der Waals surface area contributed by atoms with E-state index in [4.69, 9.17) is 9.47 Å². The largest absolute Gasteiger partial charge is 0.469 e. The maximum atomic E-state index is 11.9. The average molecular weight is 228 g/mol. The second-order valence-electron chi connectivity index (χ2n) is 4.23. The Balaban J connectivity index is 2.59. The predicted molar refractivity (Wildman–Crippen MR) is 59.0 cm³/mol. The molecule has 0 N–H and O–H groups in total. The number of carbonyl (C=O) groups is 2. The van der Waals surface area contributed by atoms with E-state index in [1.807, 2.05) is 0 Å². The molecule has 1 aliphatic carbocycles. The fourth-order valence-electron chi connectivity index (χ4n) is 2.34. The van der Waals surface area contributed by atoms with Crippen molar-refractivity contribution >= 4 is 11.8 Å². The highest BCUT2D eigenvalue weighted by atomic mass is 16.5. The maximum Gasteiger partial charge on any atom is 0.309 e. The van der Waals surface area contributed by atoms with Gasteiger partial charge in [0.05, 0.1) is 19.6 Å². The van der Waals surface area contributed by atoms with Crippen LogP contribution in [-0.4, -0.2) is 32.6 Å². The molecule has 0 bridgehead atoms. The Bertz CT molecular complexity index is 249. The summed E-state index contributed by atoms with van der Waals surface area (Å²) in [4.78, 5) is 23.4. The zero-order valence-corrected chi connectivity index (χ0v) is 10.0. The molecule has 0 aromatic rings. The minimum Gasteiger partial charge on any atom is -0.469 e. The molecule has 0 saturated heterocycles. The number of ether oxygens (including phenoxy) is 2. The average Bonchev–Trinajstić information content (AvgIpc) is 2.35.